The van der Waals surface area contributed by atoms with Crippen LogP contribution < -0.4 is 15.8 Å². The molecule has 2 aromatic carbocycles. The lowest BCUT2D eigenvalue weighted by Crippen LogP contribution is -2.35. The first-order chi connectivity index (χ1) is 15.3. The Hall–Kier alpha value is -2.97. The van der Waals surface area contributed by atoms with Gasteiger partial charge in [0.15, 0.2) is 0 Å². The van der Waals surface area contributed by atoms with Crippen LogP contribution in [0, 0.1) is 0 Å². The van der Waals surface area contributed by atoms with Gasteiger partial charge in [0.05, 0.1) is 24.4 Å². The lowest BCUT2D eigenvalue weighted by molar-refractivity contribution is -0.122. The number of nitrogen functional groups attached to an aromatic ring is 1. The van der Waals surface area contributed by atoms with Crippen LogP contribution in [0.15, 0.2) is 36.4 Å². The molecule has 1 amide bonds. The topological polar surface area (TPSA) is 93.4 Å². The van der Waals surface area contributed by atoms with Crippen LogP contribution in [-0.2, 0) is 11.2 Å². The molecular weight excluding hydrogens is 422 g/mol. The second-order valence-electron chi connectivity index (χ2n) is 8.60. The van der Waals surface area contributed by atoms with Crippen LogP contribution in [0.3, 0.4) is 0 Å². The summed E-state index contributed by atoms with van der Waals surface area (Å²) in [6.45, 7) is 4.33. The standard InChI is InChI=1S/C24H29N5O2S/c1-14(2)31-21-11-8-15(12-19(21)25)23-27-28-24(32-23)18-7-5-6-17-16(18)9-10-20(17)26-22(30)13-29(3)4/h5-8,11-12,14,20H,9-10,13,25H2,1-4H3,(H,26,30)/t20-/m0/s1. The van der Waals surface area contributed by atoms with Gasteiger partial charge in [-0.2, -0.15) is 0 Å². The number of fused-ring (bicyclic) bond motifs is 1. The number of nitrogens with two attached hydrogens (primary N) is 1. The molecule has 168 valence electrons. The molecule has 1 heterocycles. The van der Waals surface area contributed by atoms with Crippen molar-refractivity contribution in [3.05, 3.63) is 47.5 Å². The van der Waals surface area contributed by atoms with Gasteiger partial charge in [-0.3, -0.25) is 4.79 Å². The van der Waals surface area contributed by atoms with Crippen molar-refractivity contribution in [2.45, 2.75) is 38.8 Å². The molecule has 7 nitrogen and oxygen atoms in total. The molecule has 0 aliphatic heterocycles. The first kappa shape index (κ1) is 22.2. The van der Waals surface area contributed by atoms with Crippen molar-refractivity contribution in [1.29, 1.82) is 0 Å². The van der Waals surface area contributed by atoms with E-state index in [2.05, 4.69) is 27.6 Å². The molecule has 0 fully saturated rings. The highest BCUT2D eigenvalue weighted by atomic mass is 32.1. The van der Waals surface area contributed by atoms with E-state index in [9.17, 15) is 4.79 Å². The Morgan fingerprint density at radius 1 is 1.25 bits per heavy atom. The largest absolute Gasteiger partial charge is 0.489 e. The quantitative estimate of drug-likeness (QED) is 0.529. The summed E-state index contributed by atoms with van der Waals surface area (Å²) in [5.41, 5.74) is 11.2. The number of amides is 1. The average Bonchev–Trinajstić information content (AvgIpc) is 3.36. The summed E-state index contributed by atoms with van der Waals surface area (Å²) in [7, 11) is 3.79. The number of carbonyl (C=O) groups excluding carboxylic acids is 1. The normalized spacial score (nSPS) is 15.2. The fourth-order valence-corrected chi connectivity index (χ4v) is 4.92. The second kappa shape index (κ2) is 9.26. The highest BCUT2D eigenvalue weighted by molar-refractivity contribution is 7.17. The van der Waals surface area contributed by atoms with Gasteiger partial charge in [0.1, 0.15) is 15.8 Å². The molecule has 0 unspecified atom stereocenters. The van der Waals surface area contributed by atoms with Gasteiger partial charge < -0.3 is 20.7 Å². The van der Waals surface area contributed by atoms with Gasteiger partial charge in [0.2, 0.25) is 5.91 Å². The van der Waals surface area contributed by atoms with E-state index in [1.165, 1.54) is 11.1 Å². The number of aromatic nitrogens is 2. The highest BCUT2D eigenvalue weighted by Gasteiger charge is 2.27. The number of ether oxygens (including phenoxy) is 1. The molecule has 4 rings (SSSR count). The number of hydrogen-bond acceptors (Lipinski definition) is 7. The summed E-state index contributed by atoms with van der Waals surface area (Å²) in [6, 6.07) is 12.0. The number of benzene rings is 2. The Labute approximate surface area is 192 Å². The molecule has 0 spiro atoms. The summed E-state index contributed by atoms with van der Waals surface area (Å²) in [4.78, 5) is 14.1. The van der Waals surface area contributed by atoms with E-state index in [4.69, 9.17) is 10.5 Å². The SMILES string of the molecule is CC(C)Oc1ccc(-c2nnc(-c3cccc4c3CC[C@@H]4NC(=O)CN(C)C)s2)cc1N. The third-order valence-corrected chi connectivity index (χ3v) is 6.35. The summed E-state index contributed by atoms with van der Waals surface area (Å²) in [5, 5.41) is 13.7. The maximum absolute atomic E-state index is 12.3. The maximum Gasteiger partial charge on any atom is 0.234 e. The fourth-order valence-electron chi connectivity index (χ4n) is 4.02. The molecule has 32 heavy (non-hydrogen) atoms. The average molecular weight is 452 g/mol. The maximum atomic E-state index is 12.3. The second-order valence-corrected chi connectivity index (χ2v) is 9.58. The smallest absolute Gasteiger partial charge is 0.234 e. The zero-order chi connectivity index (χ0) is 22.8. The molecule has 1 atom stereocenters. The summed E-state index contributed by atoms with van der Waals surface area (Å²) in [5.74, 6) is 0.718. The van der Waals surface area contributed by atoms with Gasteiger partial charge >= 0.3 is 0 Å². The number of nitrogens with one attached hydrogen (secondary N) is 1. The van der Waals surface area contributed by atoms with Crippen LogP contribution in [0.5, 0.6) is 5.75 Å². The van der Waals surface area contributed by atoms with Gasteiger partial charge in [-0.1, -0.05) is 29.5 Å². The summed E-state index contributed by atoms with van der Waals surface area (Å²) >= 11 is 1.54. The van der Waals surface area contributed by atoms with E-state index < -0.39 is 0 Å². The van der Waals surface area contributed by atoms with E-state index >= 15 is 0 Å². The molecule has 3 N–H and O–H groups in total. The van der Waals surface area contributed by atoms with Crippen molar-refractivity contribution in [1.82, 2.24) is 20.4 Å². The number of likely N-dealkylation sites (N-methyl/N-ethyl adjacent to an activating group) is 1. The van der Waals surface area contributed by atoms with Gasteiger partial charge in [-0.25, -0.2) is 0 Å². The molecule has 1 aromatic heterocycles. The Kier molecular flexibility index (Phi) is 6.43. The number of anilines is 1. The first-order valence-corrected chi connectivity index (χ1v) is 11.6. The van der Waals surface area contributed by atoms with Crippen molar-refractivity contribution >= 4 is 22.9 Å². The Morgan fingerprint density at radius 2 is 2.03 bits per heavy atom. The molecule has 3 aromatic rings. The lowest BCUT2D eigenvalue weighted by Gasteiger charge is -2.16. The monoisotopic (exact) mass is 451 g/mol. The Bertz CT molecular complexity index is 1130. The molecule has 1 aliphatic rings. The van der Waals surface area contributed by atoms with Crippen LogP contribution in [0.2, 0.25) is 0 Å². The zero-order valence-electron chi connectivity index (χ0n) is 18.9. The van der Waals surface area contributed by atoms with E-state index in [-0.39, 0.29) is 18.1 Å². The number of carbonyl (C=O) groups is 1. The predicted molar refractivity (Wildman–Crippen MR) is 129 cm³/mol. The minimum Gasteiger partial charge on any atom is -0.489 e. The summed E-state index contributed by atoms with van der Waals surface area (Å²) in [6.07, 6.45) is 1.86. The zero-order valence-corrected chi connectivity index (χ0v) is 19.7. The predicted octanol–water partition coefficient (Wildman–Crippen LogP) is 3.91. The molecular formula is C24H29N5O2S. The van der Waals surface area contributed by atoms with Crippen LogP contribution in [-0.4, -0.2) is 47.7 Å². The highest BCUT2D eigenvalue weighted by Crippen LogP contribution is 2.40. The molecule has 0 bridgehead atoms. The Morgan fingerprint density at radius 3 is 2.75 bits per heavy atom. The van der Waals surface area contributed by atoms with E-state index in [0.29, 0.717) is 18.0 Å². The van der Waals surface area contributed by atoms with Gasteiger partial charge in [-0.05, 0) is 70.1 Å². The lowest BCUT2D eigenvalue weighted by atomic mass is 10.0. The number of hydrogen-bond donors (Lipinski definition) is 2. The van der Waals surface area contributed by atoms with Crippen molar-refractivity contribution < 1.29 is 9.53 Å². The minimum absolute atomic E-state index is 0.0399. The van der Waals surface area contributed by atoms with Gasteiger partial charge in [0, 0.05) is 11.1 Å². The van der Waals surface area contributed by atoms with E-state index in [1.54, 1.807) is 11.3 Å². The van der Waals surface area contributed by atoms with Crippen molar-refractivity contribution in [3.8, 4) is 26.9 Å². The van der Waals surface area contributed by atoms with Crippen molar-refractivity contribution in [2.75, 3.05) is 26.4 Å². The fraction of sp³-hybridized carbons (Fsp3) is 0.375. The third-order valence-electron chi connectivity index (χ3n) is 5.34. The number of nitrogens with zero attached hydrogens (tertiary/aromatic N) is 3. The van der Waals surface area contributed by atoms with Crippen molar-refractivity contribution in [2.24, 2.45) is 0 Å². The molecule has 0 saturated heterocycles. The molecule has 1 aliphatic carbocycles. The third kappa shape index (κ3) is 4.76. The molecule has 8 heteroatoms. The molecule has 0 radical (unpaired) electrons. The van der Waals surface area contributed by atoms with Crippen molar-refractivity contribution in [3.63, 3.8) is 0 Å². The molecule has 0 saturated carbocycles. The van der Waals surface area contributed by atoms with Gasteiger partial charge in [0.25, 0.3) is 0 Å². The van der Waals surface area contributed by atoms with Gasteiger partial charge in [-0.15, -0.1) is 10.2 Å². The first-order valence-electron chi connectivity index (χ1n) is 10.8. The minimum atomic E-state index is 0.0399. The van der Waals surface area contributed by atoms with Crippen LogP contribution in [0.25, 0.3) is 21.1 Å². The Balaban J connectivity index is 1.57. The van der Waals surface area contributed by atoms with E-state index in [1.807, 2.05) is 57.1 Å². The number of rotatable bonds is 7. The van der Waals surface area contributed by atoms with Crippen LogP contribution >= 0.6 is 11.3 Å². The van der Waals surface area contributed by atoms with E-state index in [0.717, 1.165) is 34.0 Å². The summed E-state index contributed by atoms with van der Waals surface area (Å²) < 4.78 is 5.73. The van der Waals surface area contributed by atoms with Crippen LogP contribution in [0.1, 0.15) is 37.4 Å². The van der Waals surface area contributed by atoms with Crippen LogP contribution in [0.4, 0.5) is 5.69 Å².